The maximum atomic E-state index is 13.3. The Labute approximate surface area is 177 Å². The van der Waals surface area contributed by atoms with Gasteiger partial charge in [-0.2, -0.15) is 0 Å². The predicted octanol–water partition coefficient (Wildman–Crippen LogP) is 3.94. The van der Waals surface area contributed by atoms with E-state index in [-0.39, 0.29) is 23.5 Å². The molecule has 2 aromatic carbocycles. The summed E-state index contributed by atoms with van der Waals surface area (Å²) in [4.78, 5) is 14.9. The average molecular weight is 436 g/mol. The fourth-order valence-corrected chi connectivity index (χ4v) is 5.54. The van der Waals surface area contributed by atoms with Crippen LogP contribution in [-0.2, 0) is 21.2 Å². The molecule has 0 bridgehead atoms. The zero-order valence-corrected chi connectivity index (χ0v) is 18.5. The van der Waals surface area contributed by atoms with Crippen LogP contribution in [0.15, 0.2) is 42.5 Å². The number of aryl methyl sites for hydroxylation is 2. The van der Waals surface area contributed by atoms with E-state index in [1.807, 2.05) is 44.2 Å². The van der Waals surface area contributed by atoms with Gasteiger partial charge in [0.2, 0.25) is 0 Å². The molecule has 156 valence electrons. The van der Waals surface area contributed by atoms with Gasteiger partial charge in [0.25, 0.3) is 5.91 Å². The van der Waals surface area contributed by atoms with Crippen molar-refractivity contribution in [3.8, 4) is 5.75 Å². The molecule has 3 rings (SSSR count). The summed E-state index contributed by atoms with van der Waals surface area (Å²) in [5.74, 6) is 0.506. The predicted molar refractivity (Wildman–Crippen MR) is 115 cm³/mol. The van der Waals surface area contributed by atoms with E-state index < -0.39 is 15.9 Å². The average Bonchev–Trinajstić information content (AvgIpc) is 2.99. The number of hydrogen-bond donors (Lipinski definition) is 0. The highest BCUT2D eigenvalue weighted by Gasteiger charge is 2.36. The molecule has 1 amide bonds. The minimum Gasteiger partial charge on any atom is -0.481 e. The number of sulfone groups is 1. The maximum Gasteiger partial charge on any atom is 0.263 e. The first-order valence-corrected chi connectivity index (χ1v) is 11.8. The lowest BCUT2D eigenvalue weighted by molar-refractivity contribution is -0.140. The maximum absolute atomic E-state index is 13.3. The number of benzene rings is 2. The Morgan fingerprint density at radius 2 is 1.79 bits per heavy atom. The molecule has 1 aliphatic heterocycles. The van der Waals surface area contributed by atoms with Gasteiger partial charge in [0.15, 0.2) is 15.9 Å². The molecule has 0 aromatic heterocycles. The second-order valence-electron chi connectivity index (χ2n) is 7.73. The van der Waals surface area contributed by atoms with Crippen molar-refractivity contribution in [3.63, 3.8) is 0 Å². The molecule has 29 heavy (non-hydrogen) atoms. The summed E-state index contributed by atoms with van der Waals surface area (Å²) in [6.07, 6.45) is -0.287. The number of carbonyl (C=O) groups excluding carboxylic acids is 1. The molecular weight excluding hydrogens is 410 g/mol. The molecular formula is C22H26ClNO4S. The Bertz CT molecular complexity index is 968. The second-order valence-corrected chi connectivity index (χ2v) is 10.4. The van der Waals surface area contributed by atoms with Crippen LogP contribution in [0.25, 0.3) is 0 Å². The summed E-state index contributed by atoms with van der Waals surface area (Å²) in [6, 6.07) is 12.7. The Morgan fingerprint density at radius 1 is 1.17 bits per heavy atom. The zero-order valence-electron chi connectivity index (χ0n) is 16.9. The summed E-state index contributed by atoms with van der Waals surface area (Å²) in [5, 5.41) is 0.613. The Morgan fingerprint density at radius 3 is 2.34 bits per heavy atom. The molecule has 1 saturated heterocycles. The summed E-state index contributed by atoms with van der Waals surface area (Å²) >= 11 is 5.96. The molecule has 1 heterocycles. The van der Waals surface area contributed by atoms with Gasteiger partial charge >= 0.3 is 0 Å². The van der Waals surface area contributed by atoms with E-state index >= 15 is 0 Å². The van der Waals surface area contributed by atoms with Gasteiger partial charge in [-0.05, 0) is 68.1 Å². The number of ether oxygens (including phenoxy) is 1. The van der Waals surface area contributed by atoms with Crippen LogP contribution >= 0.6 is 11.6 Å². The van der Waals surface area contributed by atoms with Gasteiger partial charge in [0.1, 0.15) is 5.75 Å². The Kier molecular flexibility index (Phi) is 6.54. The highest BCUT2D eigenvalue weighted by molar-refractivity contribution is 7.91. The van der Waals surface area contributed by atoms with Crippen LogP contribution in [0.4, 0.5) is 0 Å². The summed E-state index contributed by atoms with van der Waals surface area (Å²) in [7, 11) is -3.12. The molecule has 0 radical (unpaired) electrons. The summed E-state index contributed by atoms with van der Waals surface area (Å²) in [5.41, 5.74) is 3.00. The van der Waals surface area contributed by atoms with Gasteiger partial charge in [-0.1, -0.05) is 29.8 Å². The number of rotatable bonds is 6. The van der Waals surface area contributed by atoms with Crippen LogP contribution in [0, 0.1) is 13.8 Å². The molecule has 1 fully saturated rings. The van der Waals surface area contributed by atoms with Gasteiger partial charge in [0.05, 0.1) is 11.5 Å². The van der Waals surface area contributed by atoms with E-state index in [0.29, 0.717) is 23.7 Å². The second kappa shape index (κ2) is 8.76. The molecule has 0 saturated carbocycles. The van der Waals surface area contributed by atoms with Crippen LogP contribution in [0.1, 0.15) is 30.0 Å². The smallest absolute Gasteiger partial charge is 0.263 e. The molecule has 2 unspecified atom stereocenters. The lowest BCUT2D eigenvalue weighted by Crippen LogP contribution is -2.46. The number of hydrogen-bond acceptors (Lipinski definition) is 4. The number of nitrogens with zero attached hydrogens (tertiary/aromatic N) is 1. The fraction of sp³-hybridized carbons (Fsp3) is 0.409. The molecule has 7 heteroatoms. The molecule has 0 spiro atoms. The van der Waals surface area contributed by atoms with Crippen molar-refractivity contribution >= 4 is 27.3 Å². The first kappa shape index (κ1) is 21.7. The largest absolute Gasteiger partial charge is 0.481 e. The SMILES string of the molecule is Cc1cc(C)cc(OC(C)C(=O)N(Cc2ccc(Cl)cc2)C2CCS(=O)(=O)C2)c1. The van der Waals surface area contributed by atoms with Crippen molar-refractivity contribution in [3.05, 3.63) is 64.2 Å². The molecule has 2 aromatic rings. The van der Waals surface area contributed by atoms with Crippen molar-refractivity contribution in [1.82, 2.24) is 4.90 Å². The molecule has 1 aliphatic rings. The number of halogens is 1. The van der Waals surface area contributed by atoms with E-state index in [0.717, 1.165) is 16.7 Å². The first-order chi connectivity index (χ1) is 13.6. The van der Waals surface area contributed by atoms with Crippen molar-refractivity contribution < 1.29 is 17.9 Å². The van der Waals surface area contributed by atoms with Gasteiger partial charge in [0, 0.05) is 17.6 Å². The van der Waals surface area contributed by atoms with Crippen molar-refractivity contribution in [2.24, 2.45) is 0 Å². The topological polar surface area (TPSA) is 63.7 Å². The molecule has 0 N–H and O–H groups in total. The first-order valence-electron chi connectivity index (χ1n) is 9.63. The van der Waals surface area contributed by atoms with Crippen LogP contribution in [-0.4, -0.2) is 42.9 Å². The number of carbonyl (C=O) groups is 1. The number of amides is 1. The zero-order chi connectivity index (χ0) is 21.2. The fourth-order valence-electron chi connectivity index (χ4n) is 3.68. The highest BCUT2D eigenvalue weighted by Crippen LogP contribution is 2.24. The van der Waals surface area contributed by atoms with E-state index in [9.17, 15) is 13.2 Å². The lowest BCUT2D eigenvalue weighted by Gasteiger charge is -2.31. The minimum atomic E-state index is -3.12. The van der Waals surface area contributed by atoms with Gasteiger partial charge in [-0.15, -0.1) is 0 Å². The highest BCUT2D eigenvalue weighted by atomic mass is 35.5. The summed E-state index contributed by atoms with van der Waals surface area (Å²) in [6.45, 7) is 5.97. The summed E-state index contributed by atoms with van der Waals surface area (Å²) < 4.78 is 30.0. The standard InChI is InChI=1S/C22H26ClNO4S/c1-15-10-16(2)12-21(11-15)28-17(3)22(25)24(20-8-9-29(26,27)14-20)13-18-4-6-19(23)7-5-18/h4-7,10-12,17,20H,8-9,13-14H2,1-3H3. The molecule has 2 atom stereocenters. The van der Waals surface area contributed by atoms with Crippen molar-refractivity contribution in [2.45, 2.75) is 45.9 Å². The third-order valence-electron chi connectivity index (χ3n) is 5.05. The lowest BCUT2D eigenvalue weighted by atomic mass is 10.1. The van der Waals surface area contributed by atoms with Crippen molar-refractivity contribution in [1.29, 1.82) is 0 Å². The quantitative estimate of drug-likeness (QED) is 0.689. The normalized spacial score (nSPS) is 19.0. The van der Waals surface area contributed by atoms with Crippen LogP contribution in [0.3, 0.4) is 0 Å². The van der Waals surface area contributed by atoms with Gasteiger partial charge in [-0.3, -0.25) is 4.79 Å². The van der Waals surface area contributed by atoms with Crippen LogP contribution in [0.2, 0.25) is 5.02 Å². The third-order valence-corrected chi connectivity index (χ3v) is 7.06. The van der Waals surface area contributed by atoms with Crippen molar-refractivity contribution in [2.75, 3.05) is 11.5 Å². The minimum absolute atomic E-state index is 0.0113. The molecule has 0 aliphatic carbocycles. The third kappa shape index (κ3) is 5.73. The Balaban J connectivity index is 1.81. The van der Waals surface area contributed by atoms with Gasteiger partial charge in [-0.25, -0.2) is 8.42 Å². The molecule has 5 nitrogen and oxygen atoms in total. The van der Waals surface area contributed by atoms with Crippen LogP contribution in [0.5, 0.6) is 5.75 Å². The van der Waals surface area contributed by atoms with Crippen LogP contribution < -0.4 is 4.74 Å². The van der Waals surface area contributed by atoms with E-state index in [1.54, 1.807) is 24.0 Å². The van der Waals surface area contributed by atoms with E-state index in [2.05, 4.69) is 0 Å². The van der Waals surface area contributed by atoms with E-state index in [4.69, 9.17) is 16.3 Å². The van der Waals surface area contributed by atoms with Gasteiger partial charge < -0.3 is 9.64 Å². The Hall–Kier alpha value is -2.05. The monoisotopic (exact) mass is 435 g/mol. The van der Waals surface area contributed by atoms with E-state index in [1.165, 1.54) is 0 Å².